The van der Waals surface area contributed by atoms with E-state index in [2.05, 4.69) is 4.98 Å². The predicted octanol–water partition coefficient (Wildman–Crippen LogP) is 5.31. The van der Waals surface area contributed by atoms with Crippen LogP contribution in [0.5, 0.6) is 11.5 Å². The number of methoxy groups -OCH3 is 2. The van der Waals surface area contributed by atoms with Crippen LogP contribution in [0.2, 0.25) is 10.0 Å². The number of hydrogen-bond donors (Lipinski definition) is 1. The first kappa shape index (κ1) is 29.5. The van der Waals surface area contributed by atoms with E-state index in [0.717, 1.165) is 4.31 Å². The topological polar surface area (TPSA) is 122 Å². The molecule has 0 aliphatic carbocycles. The van der Waals surface area contributed by atoms with Gasteiger partial charge in [0.15, 0.2) is 5.54 Å². The Balaban J connectivity index is 1.70. The Bertz CT molecular complexity index is 1800. The normalized spacial score (nSPS) is 20.4. The van der Waals surface area contributed by atoms with Gasteiger partial charge in [-0.3, -0.25) is 9.69 Å². The number of sulfonamides is 1. The molecule has 3 aromatic carbocycles. The van der Waals surface area contributed by atoms with Crippen LogP contribution >= 0.6 is 23.2 Å². The van der Waals surface area contributed by atoms with Crippen molar-refractivity contribution in [3.05, 3.63) is 99.7 Å². The predicted molar refractivity (Wildman–Crippen MR) is 159 cm³/mol. The Kier molecular flexibility index (Phi) is 7.64. The number of benzene rings is 3. The fourth-order valence-corrected chi connectivity index (χ4v) is 7.88. The number of fused-ring (bicyclic) bond motifs is 1. The van der Waals surface area contributed by atoms with Gasteiger partial charge in [0.2, 0.25) is 5.89 Å². The Morgan fingerprint density at radius 3 is 2.44 bits per heavy atom. The van der Waals surface area contributed by atoms with Crippen LogP contribution in [0.25, 0.3) is 0 Å². The summed E-state index contributed by atoms with van der Waals surface area (Å²) >= 11 is 13.1. The lowest BCUT2D eigenvalue weighted by atomic mass is 9.80. The number of hydrogen-bond acceptors (Lipinski definition) is 9. The second-order valence-electron chi connectivity index (χ2n) is 10.2. The molecule has 13 heteroatoms. The summed E-state index contributed by atoms with van der Waals surface area (Å²) in [6.45, 7) is 0.0495. The number of aliphatic hydroxyl groups is 1. The van der Waals surface area contributed by atoms with E-state index < -0.39 is 27.5 Å². The van der Waals surface area contributed by atoms with Crippen molar-refractivity contribution in [3.63, 3.8) is 0 Å². The molecule has 0 bridgehead atoms. The molecule has 0 radical (unpaired) electrons. The van der Waals surface area contributed by atoms with Crippen molar-refractivity contribution in [3.8, 4) is 11.5 Å². The van der Waals surface area contributed by atoms with Crippen molar-refractivity contribution in [2.75, 3.05) is 25.1 Å². The molecule has 10 nitrogen and oxygen atoms in total. The fraction of sp³-hybridized carbons (Fsp3) is 0.267. The van der Waals surface area contributed by atoms with Crippen LogP contribution in [0.3, 0.4) is 0 Å². The molecule has 1 aromatic heterocycles. The molecule has 1 fully saturated rings. The SMILES string of the molecule is COc1ccc(S(=O)(=O)N2C(=O)C(c3cc(CO)ccc3OC)(N3CCCC3c3ncco3)c3cc(Cl)c(Cl)cc32)cc1. The van der Waals surface area contributed by atoms with E-state index in [0.29, 0.717) is 47.9 Å². The molecule has 2 atom stereocenters. The number of aliphatic hydroxyl groups excluding tert-OH is 1. The Hall–Kier alpha value is -3.61. The summed E-state index contributed by atoms with van der Waals surface area (Å²) in [7, 11) is -1.57. The highest BCUT2D eigenvalue weighted by Gasteiger charge is 2.63. The second-order valence-corrected chi connectivity index (χ2v) is 12.8. The lowest BCUT2D eigenvalue weighted by Gasteiger charge is -2.41. The van der Waals surface area contributed by atoms with E-state index in [1.807, 2.05) is 4.90 Å². The van der Waals surface area contributed by atoms with Gasteiger partial charge in [-0.1, -0.05) is 29.3 Å². The maximum atomic E-state index is 15.2. The number of likely N-dealkylation sites (tertiary alicyclic amines) is 1. The summed E-state index contributed by atoms with van der Waals surface area (Å²) in [6.07, 6.45) is 4.21. The zero-order valence-corrected chi connectivity index (χ0v) is 25.5. The first-order valence-electron chi connectivity index (χ1n) is 13.4. The molecule has 1 amide bonds. The van der Waals surface area contributed by atoms with E-state index in [1.54, 1.807) is 18.2 Å². The van der Waals surface area contributed by atoms with Crippen molar-refractivity contribution in [1.29, 1.82) is 0 Å². The zero-order valence-electron chi connectivity index (χ0n) is 23.2. The van der Waals surface area contributed by atoms with E-state index >= 15 is 4.79 Å². The van der Waals surface area contributed by atoms with Gasteiger partial charge in [0.25, 0.3) is 15.9 Å². The van der Waals surface area contributed by atoms with Gasteiger partial charge in [0.1, 0.15) is 17.8 Å². The summed E-state index contributed by atoms with van der Waals surface area (Å²) in [6, 6.07) is 13.1. The number of rotatable bonds is 8. The Labute approximate surface area is 258 Å². The number of aromatic nitrogens is 1. The lowest BCUT2D eigenvalue weighted by molar-refractivity contribution is -0.127. The molecule has 1 saturated heterocycles. The highest BCUT2D eigenvalue weighted by atomic mass is 35.5. The van der Waals surface area contributed by atoms with Crippen LogP contribution in [0.4, 0.5) is 5.69 Å². The molecule has 3 heterocycles. The number of carbonyl (C=O) groups is 1. The third-order valence-corrected chi connectivity index (χ3v) is 10.4. The number of nitrogens with zero attached hydrogens (tertiary/aromatic N) is 3. The van der Waals surface area contributed by atoms with Crippen LogP contribution in [-0.4, -0.2) is 50.1 Å². The first-order chi connectivity index (χ1) is 20.7. The van der Waals surface area contributed by atoms with E-state index in [1.165, 1.54) is 63.1 Å². The molecule has 2 aliphatic rings. The molecule has 2 unspecified atom stereocenters. The van der Waals surface area contributed by atoms with Crippen LogP contribution in [0, 0.1) is 0 Å². The molecule has 6 rings (SSSR count). The van der Waals surface area contributed by atoms with Crippen LogP contribution < -0.4 is 13.8 Å². The monoisotopic (exact) mass is 643 g/mol. The molecule has 224 valence electrons. The number of carbonyl (C=O) groups excluding carboxylic acids is 1. The van der Waals surface area contributed by atoms with Gasteiger partial charge in [0, 0.05) is 17.7 Å². The Morgan fingerprint density at radius 2 is 1.79 bits per heavy atom. The number of amides is 1. The van der Waals surface area contributed by atoms with Gasteiger partial charge in [-0.2, -0.15) is 0 Å². The van der Waals surface area contributed by atoms with Crippen molar-refractivity contribution in [2.24, 2.45) is 0 Å². The van der Waals surface area contributed by atoms with Crippen LogP contribution in [-0.2, 0) is 27.0 Å². The fourth-order valence-electron chi connectivity index (χ4n) is 6.11. The molecule has 2 aliphatic heterocycles. The van der Waals surface area contributed by atoms with Crippen molar-refractivity contribution in [2.45, 2.75) is 35.9 Å². The van der Waals surface area contributed by atoms with Gasteiger partial charge in [-0.15, -0.1) is 0 Å². The minimum absolute atomic E-state index is 0.0460. The number of oxazole rings is 1. The summed E-state index contributed by atoms with van der Waals surface area (Å²) in [4.78, 5) is 21.4. The molecule has 1 N–H and O–H groups in total. The van der Waals surface area contributed by atoms with E-state index in [-0.39, 0.29) is 32.8 Å². The zero-order chi connectivity index (χ0) is 30.5. The third-order valence-electron chi connectivity index (χ3n) is 8.00. The summed E-state index contributed by atoms with van der Waals surface area (Å²) < 4.78 is 46.3. The minimum Gasteiger partial charge on any atom is -0.497 e. The van der Waals surface area contributed by atoms with Gasteiger partial charge in [-0.05, 0) is 66.9 Å². The summed E-state index contributed by atoms with van der Waals surface area (Å²) in [5, 5.41) is 10.3. The van der Waals surface area contributed by atoms with Crippen LogP contribution in [0.1, 0.15) is 41.5 Å². The van der Waals surface area contributed by atoms with Gasteiger partial charge in [-0.25, -0.2) is 17.7 Å². The molecule has 43 heavy (non-hydrogen) atoms. The van der Waals surface area contributed by atoms with E-state index in [4.69, 9.17) is 37.1 Å². The van der Waals surface area contributed by atoms with E-state index in [9.17, 15) is 13.5 Å². The summed E-state index contributed by atoms with van der Waals surface area (Å²) in [5.41, 5.74) is -0.638. The molecule has 0 saturated carbocycles. The molecular formula is C30H27Cl2N3O7S. The third kappa shape index (κ3) is 4.49. The minimum atomic E-state index is -4.50. The largest absolute Gasteiger partial charge is 0.497 e. The summed E-state index contributed by atoms with van der Waals surface area (Å²) in [5.74, 6) is 0.348. The number of ether oxygens (including phenoxy) is 2. The van der Waals surface area contributed by atoms with Crippen molar-refractivity contribution in [1.82, 2.24) is 9.88 Å². The molecule has 0 spiro atoms. The smallest absolute Gasteiger partial charge is 0.271 e. The van der Waals surface area contributed by atoms with Crippen molar-refractivity contribution < 1.29 is 32.2 Å². The van der Waals surface area contributed by atoms with Crippen molar-refractivity contribution >= 4 is 44.8 Å². The average Bonchev–Trinajstić information content (AvgIpc) is 3.76. The number of anilines is 1. The lowest BCUT2D eigenvalue weighted by Crippen LogP contribution is -2.54. The van der Waals surface area contributed by atoms with Gasteiger partial charge in [0.05, 0.1) is 53.7 Å². The first-order valence-corrected chi connectivity index (χ1v) is 15.6. The Morgan fingerprint density at radius 1 is 1.05 bits per heavy atom. The van der Waals surface area contributed by atoms with Gasteiger partial charge < -0.3 is 19.0 Å². The average molecular weight is 645 g/mol. The highest BCUT2D eigenvalue weighted by Crippen LogP contribution is 2.57. The molecular weight excluding hydrogens is 617 g/mol. The second kappa shape index (κ2) is 11.1. The van der Waals surface area contributed by atoms with Crippen LogP contribution in [0.15, 0.2) is 76.4 Å². The highest BCUT2D eigenvalue weighted by molar-refractivity contribution is 7.93. The maximum absolute atomic E-state index is 15.2. The number of halogens is 2. The van der Waals surface area contributed by atoms with Gasteiger partial charge >= 0.3 is 0 Å². The quantitative estimate of drug-likeness (QED) is 0.272. The molecule has 4 aromatic rings. The standard InChI is InChI=1S/C30H27Cl2N3O7S/c1-40-19-6-8-20(9-7-19)43(38,39)35-26-16-24(32)23(31)15-21(26)30(29(35)37,22-14-18(17-36)5-10-27(22)41-2)34-12-3-4-25(34)28-33-11-13-42-28/h5-11,13-16,25,36H,3-4,12,17H2,1-2H3. The maximum Gasteiger partial charge on any atom is 0.271 e.